The highest BCUT2D eigenvalue weighted by Gasteiger charge is 2.11. The molecule has 2 nitrogen and oxygen atoms in total. The van der Waals surface area contributed by atoms with Crippen LogP contribution >= 0.6 is 0 Å². The predicted molar refractivity (Wildman–Crippen MR) is 158 cm³/mol. The molecule has 2 aliphatic carbocycles. The smallest absolute Gasteiger partial charge is 0.133 e. The van der Waals surface area contributed by atoms with Gasteiger partial charge in [0.1, 0.15) is 11.6 Å². The maximum absolute atomic E-state index is 11.8. The van der Waals surface area contributed by atoms with Gasteiger partial charge in [-0.3, -0.25) is 9.59 Å². The Bertz CT molecular complexity index is 511. The number of hydrogen-bond acceptors (Lipinski definition) is 2. The Morgan fingerprint density at radius 3 is 1.33 bits per heavy atom. The average molecular weight is 505 g/mol. The van der Waals surface area contributed by atoms with Crippen LogP contribution in [-0.2, 0) is 9.59 Å². The van der Waals surface area contributed by atoms with Crippen molar-refractivity contribution in [1.29, 1.82) is 0 Å². The van der Waals surface area contributed by atoms with Crippen LogP contribution in [0, 0.1) is 11.8 Å². The molecule has 0 saturated heterocycles. The Balaban J connectivity index is 0.000000362. The van der Waals surface area contributed by atoms with Crippen LogP contribution in [0.1, 0.15) is 194 Å². The summed E-state index contributed by atoms with van der Waals surface area (Å²) >= 11 is 0. The Hall–Kier alpha value is -0.660. The molecule has 2 aliphatic rings. The van der Waals surface area contributed by atoms with Crippen LogP contribution in [0.15, 0.2) is 0 Å². The van der Waals surface area contributed by atoms with E-state index in [2.05, 4.69) is 13.8 Å². The molecular weight excluding hydrogens is 440 g/mol. The van der Waals surface area contributed by atoms with Crippen molar-refractivity contribution in [1.82, 2.24) is 0 Å². The highest BCUT2D eigenvalue weighted by atomic mass is 16.1. The standard InChI is InChI=1S/C18H34O.C16H30O/c1-17-14-12-10-8-6-4-2-3-5-7-9-11-13-15-18(19)16-17;1-2-15-11-9-7-5-3-4-6-8-10-12-16(17)14-13-15/h17H,2-16H2,1H3;15H,2-14H2,1H3. The zero-order valence-electron chi connectivity index (χ0n) is 24.8. The van der Waals surface area contributed by atoms with Gasteiger partial charge in [-0.25, -0.2) is 0 Å². The molecule has 0 heterocycles. The maximum atomic E-state index is 11.8. The summed E-state index contributed by atoms with van der Waals surface area (Å²) in [6.07, 6.45) is 35.5. The van der Waals surface area contributed by atoms with Crippen molar-refractivity contribution in [2.45, 2.75) is 194 Å². The van der Waals surface area contributed by atoms with E-state index < -0.39 is 0 Å². The van der Waals surface area contributed by atoms with Gasteiger partial charge in [0.05, 0.1) is 0 Å². The second-order valence-electron chi connectivity index (χ2n) is 12.3. The summed E-state index contributed by atoms with van der Waals surface area (Å²) < 4.78 is 0. The van der Waals surface area contributed by atoms with E-state index in [0.717, 1.165) is 50.9 Å². The second kappa shape index (κ2) is 24.7. The Morgan fingerprint density at radius 2 is 0.861 bits per heavy atom. The first kappa shape index (κ1) is 33.4. The average Bonchev–Trinajstić information content (AvgIpc) is 2.87. The van der Waals surface area contributed by atoms with Gasteiger partial charge in [0.2, 0.25) is 0 Å². The fourth-order valence-corrected chi connectivity index (χ4v) is 6.03. The van der Waals surface area contributed by atoms with Crippen molar-refractivity contribution in [2.75, 3.05) is 0 Å². The Kier molecular flexibility index (Phi) is 22.9. The molecule has 2 fully saturated rings. The first-order valence-electron chi connectivity index (χ1n) is 16.6. The lowest BCUT2D eigenvalue weighted by molar-refractivity contribution is -0.120. The van der Waals surface area contributed by atoms with Crippen molar-refractivity contribution >= 4 is 11.6 Å². The molecule has 2 heteroatoms. The number of hydrogen-bond donors (Lipinski definition) is 0. The third-order valence-corrected chi connectivity index (χ3v) is 8.71. The van der Waals surface area contributed by atoms with Crippen LogP contribution in [0.25, 0.3) is 0 Å². The molecule has 0 radical (unpaired) electrons. The van der Waals surface area contributed by atoms with E-state index in [1.165, 1.54) is 135 Å². The van der Waals surface area contributed by atoms with E-state index in [1.54, 1.807) is 0 Å². The SMILES string of the molecule is CC1CCCCCCCCCCCCCCC(=O)C1.CCC1CCCCCCCCCCC(=O)CC1. The summed E-state index contributed by atoms with van der Waals surface area (Å²) in [5.74, 6) is 2.45. The van der Waals surface area contributed by atoms with E-state index in [1.807, 2.05) is 0 Å². The van der Waals surface area contributed by atoms with Gasteiger partial charge < -0.3 is 0 Å². The van der Waals surface area contributed by atoms with Gasteiger partial charge >= 0.3 is 0 Å². The van der Waals surface area contributed by atoms with E-state index >= 15 is 0 Å². The van der Waals surface area contributed by atoms with E-state index in [9.17, 15) is 9.59 Å². The minimum Gasteiger partial charge on any atom is -0.300 e. The molecule has 0 amide bonds. The normalized spacial score (nSPS) is 26.6. The molecule has 0 aromatic heterocycles. The second-order valence-corrected chi connectivity index (χ2v) is 12.3. The van der Waals surface area contributed by atoms with Gasteiger partial charge in [-0.05, 0) is 31.1 Å². The third-order valence-electron chi connectivity index (χ3n) is 8.71. The minimum absolute atomic E-state index is 0.511. The number of carbonyl (C=O) groups is 2. The number of ketones is 2. The Labute approximate surface area is 226 Å². The molecule has 0 bridgehead atoms. The molecule has 36 heavy (non-hydrogen) atoms. The summed E-state index contributed by atoms with van der Waals surface area (Å²) in [4.78, 5) is 23.6. The van der Waals surface area contributed by atoms with E-state index in [-0.39, 0.29) is 0 Å². The molecule has 0 aromatic carbocycles. The summed E-state index contributed by atoms with van der Waals surface area (Å²) in [6, 6.07) is 0. The molecule has 0 N–H and O–H groups in total. The van der Waals surface area contributed by atoms with Gasteiger partial charge in [-0.1, -0.05) is 149 Å². The van der Waals surface area contributed by atoms with Gasteiger partial charge in [0, 0.05) is 25.7 Å². The molecule has 212 valence electrons. The monoisotopic (exact) mass is 504 g/mol. The van der Waals surface area contributed by atoms with Gasteiger partial charge in [0.25, 0.3) is 0 Å². The van der Waals surface area contributed by atoms with Crippen molar-refractivity contribution in [3.8, 4) is 0 Å². The van der Waals surface area contributed by atoms with Crippen LogP contribution in [0.5, 0.6) is 0 Å². The summed E-state index contributed by atoms with van der Waals surface area (Å²) in [7, 11) is 0. The molecule has 0 aliphatic heterocycles. The van der Waals surface area contributed by atoms with Crippen LogP contribution < -0.4 is 0 Å². The lowest BCUT2D eigenvalue weighted by atomic mass is 9.91. The fraction of sp³-hybridized carbons (Fsp3) is 0.941. The molecule has 2 atom stereocenters. The molecule has 2 rings (SSSR count). The van der Waals surface area contributed by atoms with E-state index in [4.69, 9.17) is 0 Å². The van der Waals surface area contributed by atoms with Crippen molar-refractivity contribution in [3.63, 3.8) is 0 Å². The molecule has 0 aromatic rings. The van der Waals surface area contributed by atoms with Gasteiger partial charge in [-0.15, -0.1) is 0 Å². The first-order chi connectivity index (χ1) is 17.6. The largest absolute Gasteiger partial charge is 0.300 e. The summed E-state index contributed by atoms with van der Waals surface area (Å²) in [5.41, 5.74) is 0. The quantitative estimate of drug-likeness (QED) is 0.356. The number of rotatable bonds is 1. The van der Waals surface area contributed by atoms with E-state index in [0.29, 0.717) is 17.5 Å². The van der Waals surface area contributed by atoms with Crippen LogP contribution in [0.2, 0.25) is 0 Å². The molecular formula is C34H64O2. The first-order valence-corrected chi connectivity index (χ1v) is 16.6. The Morgan fingerprint density at radius 1 is 0.472 bits per heavy atom. The van der Waals surface area contributed by atoms with Gasteiger partial charge in [0.15, 0.2) is 0 Å². The predicted octanol–water partition coefficient (Wildman–Crippen LogP) is 11.3. The van der Waals surface area contributed by atoms with Crippen LogP contribution in [0.4, 0.5) is 0 Å². The minimum atomic E-state index is 0.511. The number of Topliss-reactive ketones (excluding diaryl/α,β-unsaturated/α-hetero) is 2. The molecule has 0 spiro atoms. The van der Waals surface area contributed by atoms with Crippen LogP contribution in [-0.4, -0.2) is 11.6 Å². The van der Waals surface area contributed by atoms with Crippen molar-refractivity contribution in [2.24, 2.45) is 11.8 Å². The summed E-state index contributed by atoms with van der Waals surface area (Å²) in [5, 5.41) is 0. The van der Waals surface area contributed by atoms with Crippen molar-refractivity contribution in [3.05, 3.63) is 0 Å². The maximum Gasteiger partial charge on any atom is 0.133 e. The highest BCUT2D eigenvalue weighted by molar-refractivity contribution is 5.78. The topological polar surface area (TPSA) is 34.1 Å². The molecule has 2 saturated carbocycles. The van der Waals surface area contributed by atoms with Crippen LogP contribution in [0.3, 0.4) is 0 Å². The highest BCUT2D eigenvalue weighted by Crippen LogP contribution is 2.22. The zero-order valence-corrected chi connectivity index (χ0v) is 24.8. The number of carbonyl (C=O) groups excluding carboxylic acids is 2. The third kappa shape index (κ3) is 21.4. The zero-order chi connectivity index (χ0) is 26.1. The molecule has 2 unspecified atom stereocenters. The van der Waals surface area contributed by atoms with Crippen molar-refractivity contribution < 1.29 is 9.59 Å². The summed E-state index contributed by atoms with van der Waals surface area (Å²) in [6.45, 7) is 4.53. The lowest BCUT2D eigenvalue weighted by Gasteiger charge is -2.14. The fourth-order valence-electron chi connectivity index (χ4n) is 6.03. The lowest BCUT2D eigenvalue weighted by Crippen LogP contribution is -2.05. The van der Waals surface area contributed by atoms with Gasteiger partial charge in [-0.2, -0.15) is 0 Å².